The van der Waals surface area contributed by atoms with Crippen LogP contribution < -0.4 is 11.3 Å². The van der Waals surface area contributed by atoms with Gasteiger partial charge in [0.05, 0.1) is 5.69 Å². The van der Waals surface area contributed by atoms with Crippen molar-refractivity contribution in [3.63, 3.8) is 0 Å². The van der Waals surface area contributed by atoms with Crippen molar-refractivity contribution in [3.8, 4) is 0 Å². The molecular formula is C7H9ClN2S. The molecule has 0 unspecified atom stereocenters. The highest BCUT2D eigenvalue weighted by Gasteiger charge is 2.00. The molecule has 3 N–H and O–H groups in total. The van der Waals surface area contributed by atoms with Crippen molar-refractivity contribution in [2.45, 2.75) is 10.8 Å². The van der Waals surface area contributed by atoms with Crippen molar-refractivity contribution in [2.75, 3.05) is 5.43 Å². The number of anilines is 1. The normalized spacial score (nSPS) is 9.73. The zero-order valence-electron chi connectivity index (χ0n) is 5.84. The van der Waals surface area contributed by atoms with E-state index in [1.807, 2.05) is 18.2 Å². The molecular weight excluding hydrogens is 180 g/mol. The summed E-state index contributed by atoms with van der Waals surface area (Å²) in [6.07, 6.45) is 0. The summed E-state index contributed by atoms with van der Waals surface area (Å²) >= 11 is 9.89. The van der Waals surface area contributed by atoms with E-state index in [2.05, 4.69) is 18.1 Å². The van der Waals surface area contributed by atoms with Crippen LogP contribution in [0.4, 0.5) is 5.69 Å². The molecule has 0 atom stereocenters. The molecule has 0 heterocycles. The lowest BCUT2D eigenvalue weighted by molar-refractivity contribution is 1.22. The minimum absolute atomic E-state index is 0.453. The predicted molar refractivity (Wildman–Crippen MR) is 51.1 cm³/mol. The molecule has 0 bridgehead atoms. The number of nitrogens with two attached hydrogens (primary N) is 1. The largest absolute Gasteiger partial charge is 0.323 e. The van der Waals surface area contributed by atoms with Crippen molar-refractivity contribution in [3.05, 3.63) is 23.8 Å². The lowest BCUT2D eigenvalue weighted by Gasteiger charge is -2.06. The summed E-state index contributed by atoms with van der Waals surface area (Å²) in [4.78, 5) is 0.810. The Labute approximate surface area is 76.1 Å². The lowest BCUT2D eigenvalue weighted by atomic mass is 10.2. The minimum Gasteiger partial charge on any atom is -0.323 e. The van der Waals surface area contributed by atoms with Gasteiger partial charge in [-0.1, -0.05) is 12.1 Å². The fraction of sp³-hybridized carbons (Fsp3) is 0.143. The maximum Gasteiger partial charge on any atom is 0.0621 e. The summed E-state index contributed by atoms with van der Waals surface area (Å²) in [5, 5.41) is 0. The molecule has 0 amide bonds. The average Bonchev–Trinajstić information content (AvgIpc) is 2.05. The number of rotatable bonds is 2. The highest BCUT2D eigenvalue weighted by atomic mass is 35.5. The SMILES string of the molecule is NNc1cccc(CCl)c1S. The molecule has 0 aliphatic heterocycles. The molecule has 60 valence electrons. The van der Waals surface area contributed by atoms with Crippen molar-refractivity contribution < 1.29 is 0 Å². The first-order chi connectivity index (χ1) is 5.29. The molecule has 0 aromatic heterocycles. The van der Waals surface area contributed by atoms with Crippen molar-refractivity contribution >= 4 is 29.9 Å². The van der Waals surface area contributed by atoms with Gasteiger partial charge in [0.15, 0.2) is 0 Å². The number of halogens is 1. The molecule has 0 radical (unpaired) electrons. The van der Waals surface area contributed by atoms with E-state index < -0.39 is 0 Å². The zero-order valence-corrected chi connectivity index (χ0v) is 7.49. The number of hydrogen-bond donors (Lipinski definition) is 3. The van der Waals surface area contributed by atoms with Gasteiger partial charge < -0.3 is 5.43 Å². The second kappa shape index (κ2) is 3.85. The summed E-state index contributed by atoms with van der Waals surface area (Å²) in [6.45, 7) is 0. The molecule has 0 saturated heterocycles. The summed E-state index contributed by atoms with van der Waals surface area (Å²) in [5.41, 5.74) is 4.31. The second-order valence-corrected chi connectivity index (χ2v) is 2.81. The Kier molecular flexibility index (Phi) is 3.05. The Morgan fingerprint density at radius 3 is 2.82 bits per heavy atom. The van der Waals surface area contributed by atoms with Gasteiger partial charge in [-0.05, 0) is 11.6 Å². The lowest BCUT2D eigenvalue weighted by Crippen LogP contribution is -2.07. The fourth-order valence-corrected chi connectivity index (χ4v) is 1.42. The van der Waals surface area contributed by atoms with Crippen LogP contribution in [0.25, 0.3) is 0 Å². The van der Waals surface area contributed by atoms with Crippen LogP contribution in [0.5, 0.6) is 0 Å². The molecule has 0 fully saturated rings. The first-order valence-electron chi connectivity index (χ1n) is 3.13. The Hall–Kier alpha value is -0.380. The summed E-state index contributed by atoms with van der Waals surface area (Å²) < 4.78 is 0. The molecule has 4 heteroatoms. The standard InChI is InChI=1S/C7H9ClN2S/c8-4-5-2-1-3-6(10-9)7(5)11/h1-3,10-11H,4,9H2. The van der Waals surface area contributed by atoms with E-state index in [9.17, 15) is 0 Å². The second-order valence-electron chi connectivity index (χ2n) is 2.09. The quantitative estimate of drug-likeness (QED) is 0.288. The molecule has 1 aromatic rings. The van der Waals surface area contributed by atoms with Crippen LogP contribution in [0.1, 0.15) is 5.56 Å². The molecule has 0 aliphatic carbocycles. The van der Waals surface area contributed by atoms with Gasteiger partial charge in [-0.3, -0.25) is 5.84 Å². The van der Waals surface area contributed by atoms with Gasteiger partial charge in [-0.15, -0.1) is 24.2 Å². The zero-order chi connectivity index (χ0) is 8.27. The Bertz CT molecular complexity index is 230. The van der Waals surface area contributed by atoms with Gasteiger partial charge in [-0.25, -0.2) is 0 Å². The number of benzene rings is 1. The minimum atomic E-state index is 0.453. The molecule has 1 rings (SSSR count). The van der Waals surface area contributed by atoms with Crippen LogP contribution in [0.3, 0.4) is 0 Å². The summed E-state index contributed by atoms with van der Waals surface area (Å²) in [7, 11) is 0. The molecule has 11 heavy (non-hydrogen) atoms. The van der Waals surface area contributed by atoms with Crippen molar-refractivity contribution in [1.29, 1.82) is 0 Å². The fourth-order valence-electron chi connectivity index (χ4n) is 0.816. The maximum absolute atomic E-state index is 5.64. The molecule has 1 aromatic carbocycles. The number of alkyl halides is 1. The van der Waals surface area contributed by atoms with Gasteiger partial charge in [0, 0.05) is 10.8 Å². The highest BCUT2D eigenvalue weighted by Crippen LogP contribution is 2.23. The van der Waals surface area contributed by atoms with Crippen LogP contribution >= 0.6 is 24.2 Å². The highest BCUT2D eigenvalue weighted by molar-refractivity contribution is 7.80. The first kappa shape index (κ1) is 8.71. The van der Waals surface area contributed by atoms with Crippen LogP contribution in [0.2, 0.25) is 0 Å². The molecule has 0 spiro atoms. The van der Waals surface area contributed by atoms with Gasteiger partial charge >= 0.3 is 0 Å². The maximum atomic E-state index is 5.64. The predicted octanol–water partition coefficient (Wildman–Crippen LogP) is 2.00. The van der Waals surface area contributed by atoms with Crippen molar-refractivity contribution in [2.24, 2.45) is 5.84 Å². The van der Waals surface area contributed by atoms with E-state index in [0.29, 0.717) is 5.88 Å². The Morgan fingerprint density at radius 2 is 2.27 bits per heavy atom. The third kappa shape index (κ3) is 1.80. The van der Waals surface area contributed by atoms with E-state index in [-0.39, 0.29) is 0 Å². The van der Waals surface area contributed by atoms with E-state index >= 15 is 0 Å². The number of nitrogen functional groups attached to an aromatic ring is 1. The van der Waals surface area contributed by atoms with Gasteiger partial charge in [-0.2, -0.15) is 0 Å². The topological polar surface area (TPSA) is 38.0 Å². The van der Waals surface area contributed by atoms with Crippen LogP contribution in [-0.2, 0) is 5.88 Å². The average molecular weight is 189 g/mol. The summed E-state index contributed by atoms with van der Waals surface area (Å²) in [5.74, 6) is 5.69. The molecule has 0 aliphatic rings. The third-order valence-corrected chi connectivity index (χ3v) is 2.24. The van der Waals surface area contributed by atoms with E-state index in [1.165, 1.54) is 0 Å². The Balaban J connectivity index is 3.10. The van der Waals surface area contributed by atoms with Gasteiger partial charge in [0.2, 0.25) is 0 Å². The van der Waals surface area contributed by atoms with E-state index in [1.54, 1.807) is 0 Å². The van der Waals surface area contributed by atoms with Gasteiger partial charge in [0.1, 0.15) is 0 Å². The number of nitrogens with one attached hydrogen (secondary N) is 1. The molecule has 2 nitrogen and oxygen atoms in total. The smallest absolute Gasteiger partial charge is 0.0621 e. The van der Waals surface area contributed by atoms with Gasteiger partial charge in [0.25, 0.3) is 0 Å². The van der Waals surface area contributed by atoms with Crippen LogP contribution in [0.15, 0.2) is 23.1 Å². The van der Waals surface area contributed by atoms with E-state index in [4.69, 9.17) is 17.4 Å². The van der Waals surface area contributed by atoms with Crippen LogP contribution in [0, 0.1) is 0 Å². The third-order valence-electron chi connectivity index (χ3n) is 1.42. The first-order valence-corrected chi connectivity index (χ1v) is 4.11. The number of thiol groups is 1. The van der Waals surface area contributed by atoms with Crippen molar-refractivity contribution in [1.82, 2.24) is 0 Å². The Morgan fingerprint density at radius 1 is 1.55 bits per heavy atom. The van der Waals surface area contributed by atoms with Crippen LogP contribution in [-0.4, -0.2) is 0 Å². The number of hydrazine groups is 1. The number of hydrogen-bond acceptors (Lipinski definition) is 3. The molecule has 0 saturated carbocycles. The summed E-state index contributed by atoms with van der Waals surface area (Å²) in [6, 6.07) is 5.64. The van der Waals surface area contributed by atoms with E-state index in [0.717, 1.165) is 16.1 Å². The monoisotopic (exact) mass is 188 g/mol.